The maximum atomic E-state index is 13.7. The molecule has 0 spiro atoms. The summed E-state index contributed by atoms with van der Waals surface area (Å²) in [4.78, 5) is 21.8. The van der Waals surface area contributed by atoms with Crippen LogP contribution in [0.25, 0.3) is 0 Å². The molecule has 21 heavy (non-hydrogen) atoms. The van der Waals surface area contributed by atoms with Crippen molar-refractivity contribution in [1.82, 2.24) is 0 Å². The van der Waals surface area contributed by atoms with Crippen molar-refractivity contribution in [3.63, 3.8) is 0 Å². The average Bonchev–Trinajstić information content (AvgIpc) is 2.47. The number of halogens is 1. The van der Waals surface area contributed by atoms with E-state index < -0.39 is 16.6 Å². The van der Waals surface area contributed by atoms with E-state index >= 15 is 0 Å². The van der Waals surface area contributed by atoms with Gasteiger partial charge in [-0.3, -0.25) is 14.9 Å². The molecular weight excluding hydrogens is 277 g/mol. The molecule has 0 fully saturated rings. The van der Waals surface area contributed by atoms with Crippen molar-refractivity contribution in [1.29, 1.82) is 5.26 Å². The number of hydrogen-bond acceptors (Lipinski definition) is 4. The second kappa shape index (κ2) is 5.79. The van der Waals surface area contributed by atoms with E-state index in [-0.39, 0.29) is 16.8 Å². The Labute approximate surface area is 118 Å². The number of nitrogens with one attached hydrogen (secondary N) is 1. The zero-order chi connectivity index (χ0) is 15.4. The summed E-state index contributed by atoms with van der Waals surface area (Å²) in [5.41, 5.74) is 0.0821. The van der Waals surface area contributed by atoms with Crippen molar-refractivity contribution in [3.8, 4) is 6.07 Å². The first-order chi connectivity index (χ1) is 10.0. The van der Waals surface area contributed by atoms with Gasteiger partial charge in [0.15, 0.2) is 0 Å². The molecule has 2 aromatic rings. The number of benzene rings is 2. The van der Waals surface area contributed by atoms with Crippen LogP contribution in [-0.4, -0.2) is 10.8 Å². The standard InChI is InChI=1S/C14H8FN3O3/c15-13-7-9(8-16)1-6-12(13)14(19)17-10-2-4-11(5-3-10)18(20)21/h1-7H,(H,17,19). The maximum Gasteiger partial charge on any atom is 0.269 e. The summed E-state index contributed by atoms with van der Waals surface area (Å²) in [6.07, 6.45) is 0. The molecule has 1 amide bonds. The third-order valence-electron chi connectivity index (χ3n) is 2.68. The van der Waals surface area contributed by atoms with Gasteiger partial charge >= 0.3 is 0 Å². The van der Waals surface area contributed by atoms with Gasteiger partial charge in [0.2, 0.25) is 0 Å². The molecule has 0 unspecified atom stereocenters. The Bertz CT molecular complexity index is 751. The van der Waals surface area contributed by atoms with Gasteiger partial charge < -0.3 is 5.32 Å². The van der Waals surface area contributed by atoms with Gasteiger partial charge in [-0.2, -0.15) is 5.26 Å². The van der Waals surface area contributed by atoms with Crippen LogP contribution in [0.5, 0.6) is 0 Å². The number of nitro benzene ring substituents is 1. The SMILES string of the molecule is N#Cc1ccc(C(=O)Nc2ccc([N+](=O)[O-])cc2)c(F)c1. The number of nitrogens with zero attached hydrogens (tertiary/aromatic N) is 2. The maximum absolute atomic E-state index is 13.7. The summed E-state index contributed by atoms with van der Waals surface area (Å²) in [6.45, 7) is 0. The molecule has 2 rings (SSSR count). The predicted molar refractivity (Wildman–Crippen MR) is 72.2 cm³/mol. The molecule has 0 aliphatic rings. The van der Waals surface area contributed by atoms with Crippen molar-refractivity contribution in [2.24, 2.45) is 0 Å². The van der Waals surface area contributed by atoms with Gasteiger partial charge in [-0.25, -0.2) is 4.39 Å². The van der Waals surface area contributed by atoms with Crippen LogP contribution in [-0.2, 0) is 0 Å². The Morgan fingerprint density at radius 2 is 1.90 bits per heavy atom. The molecule has 6 nitrogen and oxygen atoms in total. The summed E-state index contributed by atoms with van der Waals surface area (Å²) in [7, 11) is 0. The molecule has 0 aliphatic heterocycles. The van der Waals surface area contributed by atoms with Gasteiger partial charge in [-0.1, -0.05) is 0 Å². The number of carbonyl (C=O) groups excluding carboxylic acids is 1. The average molecular weight is 285 g/mol. The number of anilines is 1. The fourth-order valence-corrected chi connectivity index (χ4v) is 1.63. The lowest BCUT2D eigenvalue weighted by molar-refractivity contribution is -0.384. The van der Waals surface area contributed by atoms with Crippen molar-refractivity contribution in [3.05, 3.63) is 69.5 Å². The van der Waals surface area contributed by atoms with Crippen LogP contribution >= 0.6 is 0 Å². The minimum Gasteiger partial charge on any atom is -0.322 e. The Morgan fingerprint density at radius 3 is 2.43 bits per heavy atom. The number of carbonyl (C=O) groups is 1. The highest BCUT2D eigenvalue weighted by Crippen LogP contribution is 2.17. The fraction of sp³-hybridized carbons (Fsp3) is 0. The molecule has 0 aliphatic carbocycles. The van der Waals surface area contributed by atoms with Crippen LogP contribution in [0.2, 0.25) is 0 Å². The molecule has 0 radical (unpaired) electrons. The van der Waals surface area contributed by atoms with E-state index in [0.29, 0.717) is 5.69 Å². The molecule has 0 bridgehead atoms. The van der Waals surface area contributed by atoms with Gasteiger partial charge in [0.25, 0.3) is 11.6 Å². The van der Waals surface area contributed by atoms with Crippen molar-refractivity contribution >= 4 is 17.3 Å². The second-order valence-corrected chi connectivity index (χ2v) is 4.06. The third-order valence-corrected chi connectivity index (χ3v) is 2.68. The van der Waals surface area contributed by atoms with Gasteiger partial charge in [0.1, 0.15) is 5.82 Å². The quantitative estimate of drug-likeness (QED) is 0.692. The van der Waals surface area contributed by atoms with E-state index in [1.165, 1.54) is 36.4 Å². The zero-order valence-corrected chi connectivity index (χ0v) is 10.5. The van der Waals surface area contributed by atoms with Crippen LogP contribution in [0.4, 0.5) is 15.8 Å². The van der Waals surface area contributed by atoms with E-state index in [1.807, 2.05) is 0 Å². The zero-order valence-electron chi connectivity index (χ0n) is 10.5. The molecule has 1 N–H and O–H groups in total. The van der Waals surface area contributed by atoms with Crippen molar-refractivity contribution < 1.29 is 14.1 Å². The Morgan fingerprint density at radius 1 is 1.24 bits per heavy atom. The van der Waals surface area contributed by atoms with Crippen molar-refractivity contribution in [2.75, 3.05) is 5.32 Å². The molecule has 0 atom stereocenters. The summed E-state index contributed by atoms with van der Waals surface area (Å²) in [5.74, 6) is -1.51. The van der Waals surface area contributed by atoms with Gasteiger partial charge in [-0.05, 0) is 30.3 Å². The lowest BCUT2D eigenvalue weighted by Crippen LogP contribution is -2.13. The highest BCUT2D eigenvalue weighted by atomic mass is 19.1. The van der Waals surface area contributed by atoms with E-state index in [4.69, 9.17) is 5.26 Å². The molecule has 2 aromatic carbocycles. The second-order valence-electron chi connectivity index (χ2n) is 4.06. The topological polar surface area (TPSA) is 96.0 Å². The van der Waals surface area contributed by atoms with Crippen LogP contribution in [0, 0.1) is 27.3 Å². The van der Waals surface area contributed by atoms with E-state index in [0.717, 1.165) is 6.07 Å². The lowest BCUT2D eigenvalue weighted by atomic mass is 10.1. The Hall–Kier alpha value is -3.27. The van der Waals surface area contributed by atoms with Gasteiger partial charge in [0, 0.05) is 17.8 Å². The molecule has 7 heteroatoms. The molecule has 0 aromatic heterocycles. The summed E-state index contributed by atoms with van der Waals surface area (Å²) in [6, 6.07) is 10.4. The van der Waals surface area contributed by atoms with Crippen LogP contribution in [0.15, 0.2) is 42.5 Å². The summed E-state index contributed by atoms with van der Waals surface area (Å²) >= 11 is 0. The lowest BCUT2D eigenvalue weighted by Gasteiger charge is -2.06. The largest absolute Gasteiger partial charge is 0.322 e. The summed E-state index contributed by atoms with van der Waals surface area (Å²) in [5, 5.41) is 21.5. The monoisotopic (exact) mass is 285 g/mol. The van der Waals surface area contributed by atoms with Crippen molar-refractivity contribution in [2.45, 2.75) is 0 Å². The molecule has 0 saturated carbocycles. The minimum absolute atomic E-state index is 0.111. The number of nitriles is 1. The molecule has 0 heterocycles. The highest BCUT2D eigenvalue weighted by molar-refractivity contribution is 6.04. The van der Waals surface area contributed by atoms with Crippen LogP contribution in [0.1, 0.15) is 15.9 Å². The molecule has 104 valence electrons. The fourth-order valence-electron chi connectivity index (χ4n) is 1.63. The van der Waals surface area contributed by atoms with Crippen LogP contribution in [0.3, 0.4) is 0 Å². The normalized spacial score (nSPS) is 9.71. The molecular formula is C14H8FN3O3. The smallest absolute Gasteiger partial charge is 0.269 e. The first-order valence-electron chi connectivity index (χ1n) is 5.76. The third kappa shape index (κ3) is 3.19. The Kier molecular flexibility index (Phi) is 3.90. The van der Waals surface area contributed by atoms with Gasteiger partial charge in [0.05, 0.1) is 22.1 Å². The molecule has 0 saturated heterocycles. The first-order valence-corrected chi connectivity index (χ1v) is 5.76. The minimum atomic E-state index is -0.812. The van der Waals surface area contributed by atoms with Crippen LogP contribution < -0.4 is 5.32 Å². The predicted octanol–water partition coefficient (Wildman–Crippen LogP) is 2.86. The number of nitro groups is 1. The highest BCUT2D eigenvalue weighted by Gasteiger charge is 2.13. The Balaban J connectivity index is 2.18. The summed E-state index contributed by atoms with van der Waals surface area (Å²) < 4.78 is 13.7. The van der Waals surface area contributed by atoms with E-state index in [9.17, 15) is 19.3 Å². The van der Waals surface area contributed by atoms with E-state index in [1.54, 1.807) is 6.07 Å². The number of amides is 1. The number of hydrogen-bond donors (Lipinski definition) is 1. The number of rotatable bonds is 3. The van der Waals surface area contributed by atoms with Gasteiger partial charge in [-0.15, -0.1) is 0 Å². The first kappa shape index (κ1) is 14.1. The number of non-ortho nitro benzene ring substituents is 1. The van der Waals surface area contributed by atoms with E-state index in [2.05, 4.69) is 5.32 Å².